The molecule has 2 aromatic carbocycles. The third-order valence-electron chi connectivity index (χ3n) is 7.05. The molecule has 7 heteroatoms. The van der Waals surface area contributed by atoms with Gasteiger partial charge in [0.15, 0.2) is 0 Å². The zero-order valence-corrected chi connectivity index (χ0v) is 20.5. The molecular weight excluding hydrogens is 444 g/mol. The Balaban J connectivity index is 1.54. The van der Waals surface area contributed by atoms with Gasteiger partial charge in [0.2, 0.25) is 5.91 Å². The van der Waals surface area contributed by atoms with Crippen molar-refractivity contribution in [3.8, 4) is 5.75 Å². The highest BCUT2D eigenvalue weighted by molar-refractivity contribution is 5.95. The normalized spacial score (nSPS) is 22.4. The van der Waals surface area contributed by atoms with Gasteiger partial charge in [-0.3, -0.25) is 14.4 Å². The number of amides is 2. The van der Waals surface area contributed by atoms with Gasteiger partial charge < -0.3 is 19.3 Å². The summed E-state index contributed by atoms with van der Waals surface area (Å²) >= 11 is 0. The minimum absolute atomic E-state index is 0.0205. The van der Waals surface area contributed by atoms with E-state index in [2.05, 4.69) is 12.1 Å². The van der Waals surface area contributed by atoms with Gasteiger partial charge >= 0.3 is 5.97 Å². The van der Waals surface area contributed by atoms with Gasteiger partial charge in [0.25, 0.3) is 5.91 Å². The maximum absolute atomic E-state index is 13.7. The van der Waals surface area contributed by atoms with E-state index in [1.54, 1.807) is 48.1 Å². The fourth-order valence-corrected chi connectivity index (χ4v) is 5.21. The van der Waals surface area contributed by atoms with Crippen LogP contribution >= 0.6 is 0 Å². The van der Waals surface area contributed by atoms with E-state index in [1.807, 2.05) is 18.2 Å². The number of hydrogen-bond acceptors (Lipinski definition) is 5. The van der Waals surface area contributed by atoms with E-state index in [1.165, 1.54) is 0 Å². The molecule has 0 radical (unpaired) electrons. The first-order chi connectivity index (χ1) is 17.0. The number of methoxy groups -OCH3 is 1. The molecule has 0 aromatic heterocycles. The van der Waals surface area contributed by atoms with Crippen LogP contribution in [0, 0.1) is 11.8 Å². The molecule has 3 atom stereocenters. The summed E-state index contributed by atoms with van der Waals surface area (Å²) in [5.74, 6) is -0.146. The van der Waals surface area contributed by atoms with Crippen LogP contribution in [0.1, 0.15) is 48.0 Å². The predicted molar refractivity (Wildman–Crippen MR) is 132 cm³/mol. The number of esters is 1. The number of ether oxygens (including phenoxy) is 2. The molecule has 0 spiro atoms. The van der Waals surface area contributed by atoms with Gasteiger partial charge in [0.1, 0.15) is 5.75 Å². The van der Waals surface area contributed by atoms with E-state index in [0.717, 1.165) is 18.4 Å². The van der Waals surface area contributed by atoms with Crippen LogP contribution in [0.25, 0.3) is 0 Å². The van der Waals surface area contributed by atoms with Crippen molar-refractivity contribution in [3.05, 3.63) is 65.7 Å². The second-order valence-corrected chi connectivity index (χ2v) is 9.35. The Kier molecular flexibility index (Phi) is 8.06. The van der Waals surface area contributed by atoms with Gasteiger partial charge in [-0.1, -0.05) is 30.3 Å². The smallest absolute Gasteiger partial charge is 0.310 e. The number of carbonyl (C=O) groups is 3. The van der Waals surface area contributed by atoms with Crippen molar-refractivity contribution in [3.63, 3.8) is 0 Å². The third-order valence-corrected chi connectivity index (χ3v) is 7.05. The van der Waals surface area contributed by atoms with E-state index < -0.39 is 0 Å². The standard InChI is InChI=1S/C28H34N2O5/c1-3-35-28(33)22-10-7-15-29(17-22)27(32)24-16-23(20-8-5-4-6-9-20)18-30(19-24)26(31)21-11-13-25(34-2)14-12-21/h4-6,8-9,11-14,22-24H,3,7,10,15-19H2,1-2H3. The van der Waals surface area contributed by atoms with Crippen LogP contribution in [0.15, 0.2) is 54.6 Å². The molecule has 7 nitrogen and oxygen atoms in total. The minimum atomic E-state index is -0.322. The number of hydrogen-bond donors (Lipinski definition) is 0. The number of nitrogens with zero attached hydrogens (tertiary/aromatic N) is 2. The van der Waals surface area contributed by atoms with Gasteiger partial charge in [-0.25, -0.2) is 0 Å². The summed E-state index contributed by atoms with van der Waals surface area (Å²) in [6.45, 7) is 4.08. The van der Waals surface area contributed by atoms with Gasteiger partial charge in [0, 0.05) is 37.7 Å². The molecule has 2 fully saturated rings. The summed E-state index contributed by atoms with van der Waals surface area (Å²) in [6, 6.07) is 17.2. The molecule has 0 saturated carbocycles. The van der Waals surface area contributed by atoms with Crippen LogP contribution in [0.2, 0.25) is 0 Å². The zero-order valence-electron chi connectivity index (χ0n) is 20.5. The van der Waals surface area contributed by atoms with Crippen molar-refractivity contribution in [2.75, 3.05) is 39.9 Å². The largest absolute Gasteiger partial charge is 0.497 e. The average Bonchev–Trinajstić information content (AvgIpc) is 2.92. The van der Waals surface area contributed by atoms with Crippen molar-refractivity contribution < 1.29 is 23.9 Å². The lowest BCUT2D eigenvalue weighted by atomic mass is 9.83. The summed E-state index contributed by atoms with van der Waals surface area (Å²) in [5, 5.41) is 0. The number of likely N-dealkylation sites (tertiary alicyclic amines) is 2. The van der Waals surface area contributed by atoms with Crippen LogP contribution in [-0.2, 0) is 14.3 Å². The molecule has 2 saturated heterocycles. The lowest BCUT2D eigenvalue weighted by Crippen LogP contribution is -2.51. The molecule has 35 heavy (non-hydrogen) atoms. The summed E-state index contributed by atoms with van der Waals surface area (Å²) < 4.78 is 10.4. The molecule has 2 aromatic rings. The molecule has 2 heterocycles. The molecule has 2 aliphatic rings. The first kappa shape index (κ1) is 24.8. The fraction of sp³-hybridized carbons (Fsp3) is 0.464. The summed E-state index contributed by atoms with van der Waals surface area (Å²) in [5.41, 5.74) is 1.70. The predicted octanol–water partition coefficient (Wildman–Crippen LogP) is 3.74. The Bertz CT molecular complexity index is 1020. The van der Waals surface area contributed by atoms with Crippen molar-refractivity contribution in [1.82, 2.24) is 9.80 Å². The van der Waals surface area contributed by atoms with E-state index in [-0.39, 0.29) is 35.5 Å². The first-order valence-electron chi connectivity index (χ1n) is 12.4. The molecule has 186 valence electrons. The van der Waals surface area contributed by atoms with Crippen LogP contribution < -0.4 is 4.74 Å². The number of carbonyl (C=O) groups excluding carboxylic acids is 3. The molecule has 0 bridgehead atoms. The molecule has 2 aliphatic heterocycles. The maximum atomic E-state index is 13.7. The zero-order chi connectivity index (χ0) is 24.8. The lowest BCUT2D eigenvalue weighted by molar-refractivity contribution is -0.152. The van der Waals surface area contributed by atoms with E-state index in [0.29, 0.717) is 50.5 Å². The molecular formula is C28H34N2O5. The van der Waals surface area contributed by atoms with E-state index in [9.17, 15) is 14.4 Å². The molecule has 4 rings (SSSR count). The highest BCUT2D eigenvalue weighted by Gasteiger charge is 2.38. The Labute approximate surface area is 207 Å². The second kappa shape index (κ2) is 11.4. The Morgan fingerprint density at radius 1 is 0.914 bits per heavy atom. The summed E-state index contributed by atoms with van der Waals surface area (Å²) in [7, 11) is 1.59. The highest BCUT2D eigenvalue weighted by Crippen LogP contribution is 2.33. The molecule has 0 aliphatic carbocycles. The quantitative estimate of drug-likeness (QED) is 0.591. The van der Waals surface area contributed by atoms with E-state index in [4.69, 9.17) is 9.47 Å². The SMILES string of the molecule is CCOC(=O)C1CCCN(C(=O)C2CC(c3ccccc3)CN(C(=O)c3ccc(OC)cc3)C2)C1. The maximum Gasteiger partial charge on any atom is 0.310 e. The Morgan fingerprint density at radius 2 is 1.63 bits per heavy atom. The Morgan fingerprint density at radius 3 is 2.31 bits per heavy atom. The van der Waals surface area contributed by atoms with Gasteiger partial charge in [-0.05, 0) is 56.0 Å². The van der Waals surface area contributed by atoms with Crippen molar-refractivity contribution in [1.29, 1.82) is 0 Å². The van der Waals surface area contributed by atoms with Crippen molar-refractivity contribution in [2.24, 2.45) is 11.8 Å². The van der Waals surface area contributed by atoms with Gasteiger partial charge in [0.05, 0.1) is 25.6 Å². The van der Waals surface area contributed by atoms with Crippen LogP contribution in [0.5, 0.6) is 5.75 Å². The topological polar surface area (TPSA) is 76.2 Å². The average molecular weight is 479 g/mol. The van der Waals surface area contributed by atoms with Crippen molar-refractivity contribution >= 4 is 17.8 Å². The van der Waals surface area contributed by atoms with Crippen LogP contribution in [-0.4, -0.2) is 67.5 Å². The Hall–Kier alpha value is -3.35. The minimum Gasteiger partial charge on any atom is -0.497 e. The first-order valence-corrected chi connectivity index (χ1v) is 12.4. The summed E-state index contributed by atoms with van der Waals surface area (Å²) in [6.07, 6.45) is 2.19. The van der Waals surface area contributed by atoms with Gasteiger partial charge in [-0.2, -0.15) is 0 Å². The summed E-state index contributed by atoms with van der Waals surface area (Å²) in [4.78, 5) is 43.0. The number of piperidine rings is 2. The van der Waals surface area contributed by atoms with Crippen molar-refractivity contribution in [2.45, 2.75) is 32.1 Å². The monoisotopic (exact) mass is 478 g/mol. The van der Waals surface area contributed by atoms with Gasteiger partial charge in [-0.15, -0.1) is 0 Å². The highest BCUT2D eigenvalue weighted by atomic mass is 16.5. The number of benzene rings is 2. The molecule has 2 amide bonds. The van der Waals surface area contributed by atoms with Crippen LogP contribution in [0.4, 0.5) is 0 Å². The fourth-order valence-electron chi connectivity index (χ4n) is 5.21. The second-order valence-electron chi connectivity index (χ2n) is 9.35. The third kappa shape index (κ3) is 5.84. The lowest BCUT2D eigenvalue weighted by Gasteiger charge is -2.41. The molecule has 0 N–H and O–H groups in total. The molecule has 3 unspecified atom stereocenters. The van der Waals surface area contributed by atoms with Crippen LogP contribution in [0.3, 0.4) is 0 Å². The number of rotatable bonds is 6. The van der Waals surface area contributed by atoms with E-state index >= 15 is 0 Å².